The summed E-state index contributed by atoms with van der Waals surface area (Å²) in [6.07, 6.45) is 10.4. The SMILES string of the molecule is CC1=CCCC=C1C(=O)[C@@H]1CCc2c(sc3ncnc(Cl)c23)C1. The minimum absolute atomic E-state index is 0.0787. The molecule has 118 valence electrons. The Kier molecular flexibility index (Phi) is 3.82. The van der Waals surface area contributed by atoms with Crippen molar-refractivity contribution in [3.8, 4) is 0 Å². The van der Waals surface area contributed by atoms with Crippen LogP contribution in [0.2, 0.25) is 5.15 Å². The van der Waals surface area contributed by atoms with Gasteiger partial charge >= 0.3 is 0 Å². The van der Waals surface area contributed by atoms with Gasteiger partial charge in [-0.15, -0.1) is 11.3 Å². The molecular weight excluding hydrogens is 328 g/mol. The Labute approximate surface area is 144 Å². The molecule has 0 aliphatic heterocycles. The summed E-state index contributed by atoms with van der Waals surface area (Å²) in [6, 6.07) is 0. The second kappa shape index (κ2) is 5.84. The molecule has 0 aromatic carbocycles. The maximum Gasteiger partial charge on any atom is 0.166 e. The third-order valence-electron chi connectivity index (χ3n) is 4.83. The van der Waals surface area contributed by atoms with E-state index in [4.69, 9.17) is 11.6 Å². The second-order valence-corrected chi connectivity index (χ2v) is 7.68. The number of carbonyl (C=O) groups is 1. The van der Waals surface area contributed by atoms with E-state index in [9.17, 15) is 4.79 Å². The Morgan fingerprint density at radius 1 is 1.30 bits per heavy atom. The lowest BCUT2D eigenvalue weighted by atomic mass is 9.80. The molecule has 0 amide bonds. The number of carbonyl (C=O) groups excluding carboxylic acids is 1. The monoisotopic (exact) mass is 344 g/mol. The van der Waals surface area contributed by atoms with Crippen molar-refractivity contribution in [3.63, 3.8) is 0 Å². The normalized spacial score (nSPS) is 20.9. The Balaban J connectivity index is 1.66. The highest BCUT2D eigenvalue weighted by molar-refractivity contribution is 7.19. The van der Waals surface area contributed by atoms with E-state index in [1.165, 1.54) is 16.8 Å². The van der Waals surface area contributed by atoms with E-state index in [0.717, 1.165) is 53.5 Å². The zero-order valence-electron chi connectivity index (χ0n) is 12.9. The van der Waals surface area contributed by atoms with Crippen LogP contribution in [-0.2, 0) is 17.6 Å². The molecule has 2 aliphatic rings. The molecule has 23 heavy (non-hydrogen) atoms. The van der Waals surface area contributed by atoms with Crippen LogP contribution in [0.25, 0.3) is 10.2 Å². The van der Waals surface area contributed by atoms with Crippen LogP contribution in [0.1, 0.15) is 36.6 Å². The third-order valence-corrected chi connectivity index (χ3v) is 6.27. The standard InChI is InChI=1S/C18H17ClN2OS/c1-10-4-2-3-5-12(10)16(22)11-6-7-13-14(8-11)23-18-15(13)17(19)20-9-21-18/h4-5,9,11H,2-3,6-8H2,1H3/t11-/m1/s1. The second-order valence-electron chi connectivity index (χ2n) is 6.23. The number of hydrogen-bond donors (Lipinski definition) is 0. The Hall–Kier alpha value is -1.52. The van der Waals surface area contributed by atoms with Gasteiger partial charge in [0.15, 0.2) is 5.78 Å². The van der Waals surface area contributed by atoms with Crippen molar-refractivity contribution in [3.05, 3.63) is 45.2 Å². The number of Topliss-reactive ketones (excluding diaryl/α,β-unsaturated/α-hetero) is 1. The van der Waals surface area contributed by atoms with E-state index in [-0.39, 0.29) is 5.92 Å². The van der Waals surface area contributed by atoms with Crippen molar-refractivity contribution in [2.24, 2.45) is 5.92 Å². The average molecular weight is 345 g/mol. The highest BCUT2D eigenvalue weighted by Crippen LogP contribution is 2.40. The van der Waals surface area contributed by atoms with Crippen LogP contribution in [0.5, 0.6) is 0 Å². The van der Waals surface area contributed by atoms with E-state index >= 15 is 0 Å². The van der Waals surface area contributed by atoms with E-state index in [2.05, 4.69) is 22.1 Å². The van der Waals surface area contributed by atoms with Gasteiger partial charge in [-0.05, 0) is 50.2 Å². The van der Waals surface area contributed by atoms with Crippen molar-refractivity contribution in [1.29, 1.82) is 0 Å². The first-order valence-electron chi connectivity index (χ1n) is 7.97. The molecule has 2 aliphatic carbocycles. The molecule has 5 heteroatoms. The molecule has 0 saturated heterocycles. The molecule has 0 radical (unpaired) electrons. The number of fused-ring (bicyclic) bond motifs is 3. The summed E-state index contributed by atoms with van der Waals surface area (Å²) in [6.45, 7) is 2.05. The quantitative estimate of drug-likeness (QED) is 0.742. The van der Waals surface area contributed by atoms with Gasteiger partial charge < -0.3 is 0 Å². The predicted molar refractivity (Wildman–Crippen MR) is 94.0 cm³/mol. The summed E-state index contributed by atoms with van der Waals surface area (Å²) in [5, 5.41) is 1.53. The fraction of sp³-hybridized carbons (Fsp3) is 0.389. The van der Waals surface area contributed by atoms with Crippen molar-refractivity contribution >= 4 is 38.9 Å². The van der Waals surface area contributed by atoms with E-state index in [1.54, 1.807) is 11.3 Å². The first-order chi connectivity index (χ1) is 11.1. The van der Waals surface area contributed by atoms with Crippen LogP contribution in [-0.4, -0.2) is 15.8 Å². The molecule has 0 bridgehead atoms. The molecule has 2 heterocycles. The van der Waals surface area contributed by atoms with Gasteiger partial charge in [0.05, 0.1) is 5.39 Å². The number of thiophene rings is 1. The predicted octanol–water partition coefficient (Wildman–Crippen LogP) is 4.69. The molecule has 0 N–H and O–H groups in total. The first kappa shape index (κ1) is 15.0. The van der Waals surface area contributed by atoms with Gasteiger partial charge in [-0.2, -0.15) is 0 Å². The number of aromatic nitrogens is 2. The van der Waals surface area contributed by atoms with E-state index < -0.39 is 0 Å². The summed E-state index contributed by atoms with van der Waals surface area (Å²) in [5.41, 5.74) is 3.32. The largest absolute Gasteiger partial charge is 0.294 e. The van der Waals surface area contributed by atoms with Crippen molar-refractivity contribution in [1.82, 2.24) is 9.97 Å². The average Bonchev–Trinajstić information content (AvgIpc) is 2.93. The van der Waals surface area contributed by atoms with Gasteiger partial charge in [0, 0.05) is 16.4 Å². The minimum atomic E-state index is 0.0787. The molecule has 0 unspecified atom stereocenters. The first-order valence-corrected chi connectivity index (χ1v) is 9.17. The number of hydrogen-bond acceptors (Lipinski definition) is 4. The molecule has 3 nitrogen and oxygen atoms in total. The summed E-state index contributed by atoms with van der Waals surface area (Å²) in [7, 11) is 0. The van der Waals surface area contributed by atoms with Gasteiger partial charge in [-0.3, -0.25) is 4.79 Å². The van der Waals surface area contributed by atoms with Gasteiger partial charge in [-0.25, -0.2) is 9.97 Å². The maximum absolute atomic E-state index is 12.9. The lowest BCUT2D eigenvalue weighted by Gasteiger charge is -2.23. The Morgan fingerprint density at radius 2 is 2.13 bits per heavy atom. The molecule has 1 atom stereocenters. The molecular formula is C18H17ClN2OS. The smallest absolute Gasteiger partial charge is 0.166 e. The summed E-state index contributed by atoms with van der Waals surface area (Å²) >= 11 is 7.91. The van der Waals surface area contributed by atoms with Crippen molar-refractivity contribution < 1.29 is 4.79 Å². The number of halogens is 1. The lowest BCUT2D eigenvalue weighted by Crippen LogP contribution is -2.24. The molecule has 0 spiro atoms. The number of ketones is 1. The van der Waals surface area contributed by atoms with Gasteiger partial charge in [-0.1, -0.05) is 23.8 Å². The van der Waals surface area contributed by atoms with Crippen molar-refractivity contribution in [2.75, 3.05) is 0 Å². The summed E-state index contributed by atoms with van der Waals surface area (Å²) in [4.78, 5) is 23.5. The van der Waals surface area contributed by atoms with Crippen LogP contribution >= 0.6 is 22.9 Å². The number of allylic oxidation sites excluding steroid dienone is 4. The van der Waals surface area contributed by atoms with Gasteiger partial charge in [0.2, 0.25) is 0 Å². The Morgan fingerprint density at radius 3 is 2.96 bits per heavy atom. The number of rotatable bonds is 2. The lowest BCUT2D eigenvalue weighted by molar-refractivity contribution is -0.119. The van der Waals surface area contributed by atoms with Crippen LogP contribution in [0.15, 0.2) is 29.6 Å². The van der Waals surface area contributed by atoms with Crippen LogP contribution < -0.4 is 0 Å². The fourth-order valence-electron chi connectivity index (χ4n) is 3.61. The zero-order chi connectivity index (χ0) is 16.0. The van der Waals surface area contributed by atoms with Crippen LogP contribution in [0.3, 0.4) is 0 Å². The third kappa shape index (κ3) is 2.54. The fourth-order valence-corrected chi connectivity index (χ4v) is 5.18. The molecule has 2 aromatic heterocycles. The zero-order valence-corrected chi connectivity index (χ0v) is 14.5. The minimum Gasteiger partial charge on any atom is -0.294 e. The highest BCUT2D eigenvalue weighted by atomic mass is 35.5. The van der Waals surface area contributed by atoms with Crippen LogP contribution in [0.4, 0.5) is 0 Å². The van der Waals surface area contributed by atoms with E-state index in [1.807, 2.05) is 6.92 Å². The molecule has 4 rings (SSSR count). The molecule has 0 fully saturated rings. The van der Waals surface area contributed by atoms with E-state index in [0.29, 0.717) is 10.9 Å². The number of nitrogens with zero attached hydrogens (tertiary/aromatic N) is 2. The maximum atomic E-state index is 12.9. The highest BCUT2D eigenvalue weighted by Gasteiger charge is 2.30. The summed E-state index contributed by atoms with van der Waals surface area (Å²) in [5.74, 6) is 0.383. The number of aryl methyl sites for hydroxylation is 1. The summed E-state index contributed by atoms with van der Waals surface area (Å²) < 4.78 is 0. The molecule has 0 saturated carbocycles. The van der Waals surface area contributed by atoms with Crippen molar-refractivity contribution in [2.45, 2.75) is 39.0 Å². The molecule has 2 aromatic rings. The Bertz CT molecular complexity index is 865. The topological polar surface area (TPSA) is 42.9 Å². The van der Waals surface area contributed by atoms with Gasteiger partial charge in [0.1, 0.15) is 16.3 Å². The van der Waals surface area contributed by atoms with Crippen LogP contribution in [0, 0.1) is 5.92 Å². The van der Waals surface area contributed by atoms with Gasteiger partial charge in [0.25, 0.3) is 0 Å².